The van der Waals surface area contributed by atoms with Crippen LogP contribution < -0.4 is 10.6 Å². The molecule has 5 nitrogen and oxygen atoms in total. The maximum atomic E-state index is 5.44. The number of aliphatic imine (C=N–C) groups is 1. The number of hydrogen-bond donors (Lipinski definition) is 2. The van der Waals surface area contributed by atoms with Gasteiger partial charge in [0, 0.05) is 31.5 Å². The lowest BCUT2D eigenvalue weighted by Crippen LogP contribution is -2.45. The van der Waals surface area contributed by atoms with E-state index in [2.05, 4.69) is 27.1 Å². The van der Waals surface area contributed by atoms with Gasteiger partial charge in [-0.2, -0.15) is 0 Å². The van der Waals surface area contributed by atoms with E-state index in [9.17, 15) is 0 Å². The molecule has 2 rings (SSSR count). The van der Waals surface area contributed by atoms with Crippen LogP contribution >= 0.6 is 11.3 Å². The molecule has 0 saturated heterocycles. The van der Waals surface area contributed by atoms with Crippen LogP contribution in [-0.2, 0) is 17.7 Å². The topological polar surface area (TPSA) is 58.8 Å². The number of thiophene rings is 1. The standard InChI is InChI=1S/C17H25N3O2S/c1-17(2,21-3)13-20-16(19-12-15-7-5-11-23-15)18-9-8-14-6-4-10-22-14/h4-7,10-11H,8-9,12-13H2,1-3H3,(H2,18,19,20). The van der Waals surface area contributed by atoms with E-state index in [-0.39, 0.29) is 5.60 Å². The highest BCUT2D eigenvalue weighted by Gasteiger charge is 2.16. The number of nitrogens with zero attached hydrogens (tertiary/aromatic N) is 1. The molecule has 0 unspecified atom stereocenters. The van der Waals surface area contributed by atoms with Gasteiger partial charge >= 0.3 is 0 Å². The Labute approximate surface area is 141 Å². The molecule has 0 atom stereocenters. The summed E-state index contributed by atoms with van der Waals surface area (Å²) in [5.41, 5.74) is -0.244. The molecule has 2 N–H and O–H groups in total. The van der Waals surface area contributed by atoms with Gasteiger partial charge in [0.25, 0.3) is 0 Å². The van der Waals surface area contributed by atoms with Crippen molar-refractivity contribution in [2.24, 2.45) is 4.99 Å². The number of rotatable bonds is 8. The van der Waals surface area contributed by atoms with E-state index in [0.717, 1.165) is 24.7 Å². The molecule has 126 valence electrons. The average molecular weight is 335 g/mol. The summed E-state index contributed by atoms with van der Waals surface area (Å²) in [6.07, 6.45) is 2.51. The Kier molecular flexibility index (Phi) is 6.67. The van der Waals surface area contributed by atoms with Crippen LogP contribution in [0.15, 0.2) is 45.3 Å². The fourth-order valence-electron chi connectivity index (χ4n) is 1.86. The van der Waals surface area contributed by atoms with Gasteiger partial charge in [-0.05, 0) is 37.4 Å². The first kappa shape index (κ1) is 17.6. The largest absolute Gasteiger partial charge is 0.469 e. The Morgan fingerprint density at radius 2 is 2.17 bits per heavy atom. The first-order valence-electron chi connectivity index (χ1n) is 7.71. The van der Waals surface area contributed by atoms with E-state index in [1.54, 1.807) is 24.7 Å². The number of furan rings is 1. The summed E-state index contributed by atoms with van der Waals surface area (Å²) >= 11 is 1.71. The van der Waals surface area contributed by atoms with Gasteiger partial charge in [0.15, 0.2) is 5.96 Å². The summed E-state index contributed by atoms with van der Waals surface area (Å²) in [6.45, 7) is 6.19. The summed E-state index contributed by atoms with van der Waals surface area (Å²) in [4.78, 5) is 5.88. The maximum absolute atomic E-state index is 5.44. The lowest BCUT2D eigenvalue weighted by Gasteiger charge is -2.24. The molecular weight excluding hydrogens is 310 g/mol. The third-order valence-electron chi connectivity index (χ3n) is 3.45. The predicted octanol–water partition coefficient (Wildman–Crippen LogP) is 3.04. The van der Waals surface area contributed by atoms with Crippen LogP contribution in [-0.4, -0.2) is 31.8 Å². The van der Waals surface area contributed by atoms with E-state index in [4.69, 9.17) is 9.15 Å². The first-order valence-corrected chi connectivity index (χ1v) is 8.59. The zero-order chi connectivity index (χ0) is 16.5. The number of hydrogen-bond acceptors (Lipinski definition) is 4. The summed E-state index contributed by atoms with van der Waals surface area (Å²) in [7, 11) is 1.72. The van der Waals surface area contributed by atoms with E-state index in [1.807, 2.05) is 32.0 Å². The van der Waals surface area contributed by atoms with Gasteiger partial charge in [0.05, 0.1) is 18.4 Å². The second-order valence-corrected chi connectivity index (χ2v) is 6.85. The van der Waals surface area contributed by atoms with Crippen molar-refractivity contribution in [3.8, 4) is 0 Å². The summed E-state index contributed by atoms with van der Waals surface area (Å²) in [5.74, 6) is 1.75. The number of guanidine groups is 1. The molecule has 0 amide bonds. The number of nitrogens with one attached hydrogen (secondary N) is 2. The molecule has 0 fully saturated rings. The van der Waals surface area contributed by atoms with Crippen LogP contribution in [0.4, 0.5) is 0 Å². The highest BCUT2D eigenvalue weighted by atomic mass is 32.1. The van der Waals surface area contributed by atoms with Crippen molar-refractivity contribution < 1.29 is 9.15 Å². The second kappa shape index (κ2) is 8.74. The second-order valence-electron chi connectivity index (χ2n) is 5.82. The zero-order valence-electron chi connectivity index (χ0n) is 14.0. The molecule has 6 heteroatoms. The van der Waals surface area contributed by atoms with Gasteiger partial charge < -0.3 is 19.8 Å². The Morgan fingerprint density at radius 1 is 1.30 bits per heavy atom. The molecule has 0 aliphatic carbocycles. The molecule has 0 aliphatic heterocycles. The third-order valence-corrected chi connectivity index (χ3v) is 4.31. The fourth-order valence-corrected chi connectivity index (χ4v) is 2.49. The molecule has 2 heterocycles. The van der Waals surface area contributed by atoms with Crippen LogP contribution in [0.3, 0.4) is 0 Å². The molecule has 2 aromatic heterocycles. The Morgan fingerprint density at radius 3 is 2.83 bits per heavy atom. The zero-order valence-corrected chi connectivity index (χ0v) is 14.8. The van der Waals surface area contributed by atoms with Crippen molar-refractivity contribution in [3.05, 3.63) is 46.5 Å². The van der Waals surface area contributed by atoms with Gasteiger partial charge in [-0.15, -0.1) is 11.3 Å². The molecule has 0 bridgehead atoms. The first-order chi connectivity index (χ1) is 11.1. The van der Waals surface area contributed by atoms with Gasteiger partial charge in [-0.3, -0.25) is 0 Å². The normalized spacial score (nSPS) is 12.4. The average Bonchev–Trinajstić information content (AvgIpc) is 3.23. The Bertz CT molecular complexity index is 577. The minimum atomic E-state index is -0.244. The summed E-state index contributed by atoms with van der Waals surface area (Å²) < 4.78 is 10.8. The van der Waals surface area contributed by atoms with Crippen molar-refractivity contribution in [1.29, 1.82) is 0 Å². The molecule has 23 heavy (non-hydrogen) atoms. The van der Waals surface area contributed by atoms with Crippen molar-refractivity contribution >= 4 is 17.3 Å². The minimum Gasteiger partial charge on any atom is -0.469 e. The fraction of sp³-hybridized carbons (Fsp3) is 0.471. The molecule has 0 spiro atoms. The number of ether oxygens (including phenoxy) is 1. The van der Waals surface area contributed by atoms with Crippen molar-refractivity contribution in [1.82, 2.24) is 10.6 Å². The quantitative estimate of drug-likeness (QED) is 0.575. The molecular formula is C17H25N3O2S. The van der Waals surface area contributed by atoms with E-state index in [0.29, 0.717) is 13.1 Å². The van der Waals surface area contributed by atoms with Gasteiger partial charge in [-0.1, -0.05) is 6.07 Å². The van der Waals surface area contributed by atoms with Crippen LogP contribution in [0.25, 0.3) is 0 Å². The van der Waals surface area contributed by atoms with Crippen molar-refractivity contribution in [2.45, 2.75) is 32.4 Å². The van der Waals surface area contributed by atoms with Crippen molar-refractivity contribution in [2.75, 3.05) is 20.2 Å². The van der Waals surface area contributed by atoms with E-state index < -0.39 is 0 Å². The van der Waals surface area contributed by atoms with Crippen LogP contribution in [0.1, 0.15) is 24.5 Å². The molecule has 0 aromatic carbocycles. The van der Waals surface area contributed by atoms with Gasteiger partial charge in [0.2, 0.25) is 0 Å². The molecule has 2 aromatic rings. The Balaban J connectivity index is 1.88. The lowest BCUT2D eigenvalue weighted by atomic mass is 10.1. The SMILES string of the molecule is COC(C)(C)CNC(=NCc1cccs1)NCCc1ccco1. The maximum Gasteiger partial charge on any atom is 0.191 e. The smallest absolute Gasteiger partial charge is 0.191 e. The monoisotopic (exact) mass is 335 g/mol. The van der Waals surface area contributed by atoms with Gasteiger partial charge in [0.1, 0.15) is 5.76 Å². The highest BCUT2D eigenvalue weighted by molar-refractivity contribution is 7.09. The van der Waals surface area contributed by atoms with E-state index >= 15 is 0 Å². The van der Waals surface area contributed by atoms with E-state index in [1.165, 1.54) is 4.88 Å². The van der Waals surface area contributed by atoms with Gasteiger partial charge in [-0.25, -0.2) is 4.99 Å². The molecule has 0 radical (unpaired) electrons. The van der Waals surface area contributed by atoms with Crippen LogP contribution in [0.5, 0.6) is 0 Å². The van der Waals surface area contributed by atoms with Crippen molar-refractivity contribution in [3.63, 3.8) is 0 Å². The van der Waals surface area contributed by atoms with Crippen LogP contribution in [0.2, 0.25) is 0 Å². The lowest BCUT2D eigenvalue weighted by molar-refractivity contribution is 0.0268. The predicted molar refractivity (Wildman–Crippen MR) is 95.0 cm³/mol. The highest BCUT2D eigenvalue weighted by Crippen LogP contribution is 2.09. The molecule has 0 saturated carbocycles. The molecule has 0 aliphatic rings. The summed E-state index contributed by atoms with van der Waals surface area (Å²) in [5, 5.41) is 8.75. The summed E-state index contributed by atoms with van der Waals surface area (Å²) in [6, 6.07) is 8.01. The third kappa shape index (κ3) is 6.46. The Hall–Kier alpha value is -1.79. The van der Waals surface area contributed by atoms with Crippen LogP contribution in [0, 0.1) is 0 Å². The number of methoxy groups -OCH3 is 1. The minimum absolute atomic E-state index is 0.244.